The number of nitrogens with zero attached hydrogens (tertiary/aromatic N) is 1. The third-order valence-corrected chi connectivity index (χ3v) is 3.18. The summed E-state index contributed by atoms with van der Waals surface area (Å²) >= 11 is 0. The average Bonchev–Trinajstić information content (AvgIpc) is 2.63. The van der Waals surface area contributed by atoms with Gasteiger partial charge in [-0.3, -0.25) is 0 Å². The molecular formula is C18H16F3NO4. The molecule has 8 heteroatoms. The summed E-state index contributed by atoms with van der Waals surface area (Å²) in [5.41, 5.74) is -0.348. The van der Waals surface area contributed by atoms with Gasteiger partial charge in [0.25, 0.3) is 0 Å². The molecule has 0 aliphatic rings. The lowest BCUT2D eigenvalue weighted by Gasteiger charge is -2.13. The van der Waals surface area contributed by atoms with Crippen LogP contribution in [0.1, 0.15) is 11.1 Å². The second-order valence-corrected chi connectivity index (χ2v) is 5.08. The quantitative estimate of drug-likeness (QED) is 0.424. The molecule has 0 radical (unpaired) electrons. The summed E-state index contributed by atoms with van der Waals surface area (Å²) < 4.78 is 53.8. The van der Waals surface area contributed by atoms with Crippen LogP contribution in [-0.4, -0.2) is 24.7 Å². The van der Waals surface area contributed by atoms with Crippen LogP contribution in [0.15, 0.2) is 60.5 Å². The Labute approximate surface area is 148 Å². The van der Waals surface area contributed by atoms with Crippen LogP contribution in [0.25, 0.3) is 0 Å². The Morgan fingerprint density at radius 1 is 1.15 bits per heavy atom. The fourth-order valence-electron chi connectivity index (χ4n) is 1.97. The van der Waals surface area contributed by atoms with Gasteiger partial charge >= 0.3 is 12.1 Å². The summed E-state index contributed by atoms with van der Waals surface area (Å²) in [6.07, 6.45) is -2.40. The van der Waals surface area contributed by atoms with Crippen molar-refractivity contribution in [2.45, 2.75) is 12.8 Å². The van der Waals surface area contributed by atoms with Crippen LogP contribution in [-0.2, 0) is 27.1 Å². The SMILES string of the molecule is COC=C(COc1ncccc1C(F)(F)F)C(=O)OCc1ccccc1. The Balaban J connectivity index is 2.03. The molecule has 2 aromatic rings. The van der Waals surface area contributed by atoms with Gasteiger partial charge in [-0.2, -0.15) is 13.2 Å². The highest BCUT2D eigenvalue weighted by atomic mass is 19.4. The van der Waals surface area contributed by atoms with Gasteiger partial charge in [-0.25, -0.2) is 9.78 Å². The first-order chi connectivity index (χ1) is 12.4. The molecule has 1 heterocycles. The van der Waals surface area contributed by atoms with Crippen LogP contribution < -0.4 is 4.74 Å². The first-order valence-electron chi connectivity index (χ1n) is 7.49. The number of esters is 1. The normalized spacial score (nSPS) is 11.8. The molecule has 0 spiro atoms. The maximum Gasteiger partial charge on any atom is 0.421 e. The molecule has 0 atom stereocenters. The molecule has 0 aliphatic carbocycles. The van der Waals surface area contributed by atoms with E-state index < -0.39 is 30.2 Å². The summed E-state index contributed by atoms with van der Waals surface area (Å²) in [4.78, 5) is 15.7. The number of halogens is 3. The topological polar surface area (TPSA) is 57.7 Å². The van der Waals surface area contributed by atoms with E-state index in [2.05, 4.69) is 4.98 Å². The highest BCUT2D eigenvalue weighted by Gasteiger charge is 2.35. The zero-order valence-electron chi connectivity index (χ0n) is 13.8. The number of pyridine rings is 1. The maximum atomic E-state index is 12.9. The third kappa shape index (κ3) is 5.51. The van der Waals surface area contributed by atoms with Crippen LogP contribution in [0.4, 0.5) is 13.2 Å². The lowest BCUT2D eigenvalue weighted by molar-refractivity contribution is -0.140. The number of alkyl halides is 3. The standard InChI is InChI=1S/C18H16F3NO4/c1-24-11-14(17(23)26-10-13-6-3-2-4-7-13)12-25-16-15(18(19,20)21)8-5-9-22-16/h2-9,11H,10,12H2,1H3. The van der Waals surface area contributed by atoms with Gasteiger partial charge in [0.2, 0.25) is 5.88 Å². The molecule has 0 unspecified atom stereocenters. The maximum absolute atomic E-state index is 12.9. The van der Waals surface area contributed by atoms with Gasteiger partial charge in [0, 0.05) is 6.20 Å². The molecular weight excluding hydrogens is 351 g/mol. The van der Waals surface area contributed by atoms with E-state index in [9.17, 15) is 18.0 Å². The van der Waals surface area contributed by atoms with E-state index >= 15 is 0 Å². The lowest BCUT2D eigenvalue weighted by Crippen LogP contribution is -2.17. The summed E-state index contributed by atoms with van der Waals surface area (Å²) in [6.45, 7) is -0.473. The predicted octanol–water partition coefficient (Wildman–Crippen LogP) is 3.75. The second-order valence-electron chi connectivity index (χ2n) is 5.08. The number of rotatable bonds is 7. The van der Waals surface area contributed by atoms with Gasteiger partial charge in [0.05, 0.1) is 13.4 Å². The highest BCUT2D eigenvalue weighted by molar-refractivity contribution is 5.88. The monoisotopic (exact) mass is 367 g/mol. The first-order valence-corrected chi connectivity index (χ1v) is 7.49. The van der Waals surface area contributed by atoms with Crippen molar-refractivity contribution in [3.8, 4) is 5.88 Å². The molecule has 26 heavy (non-hydrogen) atoms. The van der Waals surface area contributed by atoms with Gasteiger partial charge in [-0.15, -0.1) is 0 Å². The van der Waals surface area contributed by atoms with E-state index in [-0.39, 0.29) is 12.2 Å². The van der Waals surface area contributed by atoms with Crippen molar-refractivity contribution in [2.24, 2.45) is 0 Å². The lowest BCUT2D eigenvalue weighted by atomic mass is 10.2. The fraction of sp³-hybridized carbons (Fsp3) is 0.222. The minimum atomic E-state index is -4.62. The number of carbonyl (C=O) groups excluding carboxylic acids is 1. The van der Waals surface area contributed by atoms with Crippen molar-refractivity contribution in [1.82, 2.24) is 4.98 Å². The number of hydrogen-bond acceptors (Lipinski definition) is 5. The smallest absolute Gasteiger partial charge is 0.421 e. The van der Waals surface area contributed by atoms with Crippen LogP contribution in [0.5, 0.6) is 5.88 Å². The van der Waals surface area contributed by atoms with E-state index in [4.69, 9.17) is 14.2 Å². The number of methoxy groups -OCH3 is 1. The highest BCUT2D eigenvalue weighted by Crippen LogP contribution is 2.34. The van der Waals surface area contributed by atoms with Crippen molar-refractivity contribution in [3.63, 3.8) is 0 Å². The summed E-state index contributed by atoms with van der Waals surface area (Å²) in [6, 6.07) is 10.9. The van der Waals surface area contributed by atoms with E-state index in [0.717, 1.165) is 30.2 Å². The van der Waals surface area contributed by atoms with Crippen molar-refractivity contribution in [2.75, 3.05) is 13.7 Å². The molecule has 1 aromatic carbocycles. The molecule has 0 saturated carbocycles. The van der Waals surface area contributed by atoms with E-state index in [1.807, 2.05) is 6.07 Å². The number of hydrogen-bond donors (Lipinski definition) is 0. The Morgan fingerprint density at radius 3 is 2.54 bits per heavy atom. The van der Waals surface area contributed by atoms with Crippen LogP contribution in [0.2, 0.25) is 0 Å². The summed E-state index contributed by atoms with van der Waals surface area (Å²) in [5.74, 6) is -1.39. The minimum Gasteiger partial charge on any atom is -0.504 e. The largest absolute Gasteiger partial charge is 0.504 e. The van der Waals surface area contributed by atoms with Gasteiger partial charge in [0.15, 0.2) is 0 Å². The van der Waals surface area contributed by atoms with Gasteiger partial charge in [0.1, 0.15) is 24.4 Å². The third-order valence-electron chi connectivity index (χ3n) is 3.18. The molecule has 0 fully saturated rings. The average molecular weight is 367 g/mol. The van der Waals surface area contributed by atoms with Crippen molar-refractivity contribution < 1.29 is 32.2 Å². The van der Waals surface area contributed by atoms with E-state index in [1.165, 1.54) is 7.11 Å². The number of ether oxygens (including phenoxy) is 3. The zero-order chi connectivity index (χ0) is 19.0. The Morgan fingerprint density at radius 2 is 1.88 bits per heavy atom. The van der Waals surface area contributed by atoms with Crippen molar-refractivity contribution in [1.29, 1.82) is 0 Å². The molecule has 2 rings (SSSR count). The van der Waals surface area contributed by atoms with Crippen LogP contribution in [0, 0.1) is 0 Å². The van der Waals surface area contributed by atoms with Crippen molar-refractivity contribution >= 4 is 5.97 Å². The molecule has 5 nitrogen and oxygen atoms in total. The number of aromatic nitrogens is 1. The summed E-state index contributed by atoms with van der Waals surface area (Å²) in [7, 11) is 1.30. The fourth-order valence-corrected chi connectivity index (χ4v) is 1.97. The van der Waals surface area contributed by atoms with Crippen LogP contribution >= 0.6 is 0 Å². The molecule has 0 saturated heterocycles. The van der Waals surface area contributed by atoms with E-state index in [0.29, 0.717) is 0 Å². The molecule has 0 amide bonds. The zero-order valence-corrected chi connectivity index (χ0v) is 13.8. The molecule has 0 bridgehead atoms. The van der Waals surface area contributed by atoms with Gasteiger partial charge in [-0.1, -0.05) is 30.3 Å². The van der Waals surface area contributed by atoms with Crippen LogP contribution in [0.3, 0.4) is 0 Å². The Bertz CT molecular complexity index is 761. The summed E-state index contributed by atoms with van der Waals surface area (Å²) in [5, 5.41) is 0. The number of carbonyl (C=O) groups is 1. The Kier molecular flexibility index (Phi) is 6.60. The van der Waals surface area contributed by atoms with Gasteiger partial charge in [-0.05, 0) is 17.7 Å². The molecule has 0 N–H and O–H groups in total. The Hall–Kier alpha value is -3.03. The molecule has 0 aliphatic heterocycles. The number of benzene rings is 1. The van der Waals surface area contributed by atoms with Gasteiger partial charge < -0.3 is 14.2 Å². The van der Waals surface area contributed by atoms with Crippen molar-refractivity contribution in [3.05, 3.63) is 71.6 Å². The molecule has 138 valence electrons. The molecule has 1 aromatic heterocycles. The van der Waals surface area contributed by atoms with E-state index in [1.54, 1.807) is 24.3 Å². The second kappa shape index (κ2) is 8.89. The predicted molar refractivity (Wildman–Crippen MR) is 86.1 cm³/mol. The first kappa shape index (κ1) is 19.3. The minimum absolute atomic E-state index is 0.0120.